The van der Waals surface area contributed by atoms with Crippen molar-refractivity contribution < 1.29 is 30.0 Å². The van der Waals surface area contributed by atoms with Crippen LogP contribution in [0.1, 0.15) is 28.4 Å². The largest absolute Gasteiger partial charge is 0.507 e. The van der Waals surface area contributed by atoms with Gasteiger partial charge in [0.1, 0.15) is 11.9 Å². The molecule has 2 atom stereocenters. The van der Waals surface area contributed by atoms with Gasteiger partial charge in [-0.1, -0.05) is 11.6 Å². The Kier molecular flexibility index (Phi) is 4.66. The molecule has 0 saturated carbocycles. The van der Waals surface area contributed by atoms with Crippen LogP contribution in [0.2, 0.25) is 5.02 Å². The Labute approximate surface area is 107 Å². The predicted molar refractivity (Wildman–Crippen MR) is 61.7 cm³/mol. The van der Waals surface area contributed by atoms with E-state index in [0.717, 1.165) is 6.07 Å². The Morgan fingerprint density at radius 3 is 2.50 bits per heavy atom. The average molecular weight is 275 g/mol. The summed E-state index contributed by atoms with van der Waals surface area (Å²) in [6.07, 6.45) is -3.64. The van der Waals surface area contributed by atoms with Gasteiger partial charge < -0.3 is 20.4 Å². The van der Waals surface area contributed by atoms with E-state index < -0.39 is 30.3 Å². The number of carboxylic acid groups (broad SMARTS) is 1. The number of rotatable bonds is 5. The molecule has 0 aliphatic carbocycles. The van der Waals surface area contributed by atoms with Crippen LogP contribution in [0.3, 0.4) is 0 Å². The zero-order valence-corrected chi connectivity index (χ0v) is 9.83. The summed E-state index contributed by atoms with van der Waals surface area (Å²) in [5.74, 6) is -1.84. The van der Waals surface area contributed by atoms with E-state index in [2.05, 4.69) is 0 Å². The van der Waals surface area contributed by atoms with Crippen molar-refractivity contribution in [2.45, 2.75) is 18.6 Å². The molecule has 7 heteroatoms. The van der Waals surface area contributed by atoms with Gasteiger partial charge in [-0.15, -0.1) is 0 Å². The van der Waals surface area contributed by atoms with Gasteiger partial charge in [-0.3, -0.25) is 9.59 Å². The molecule has 18 heavy (non-hydrogen) atoms. The summed E-state index contributed by atoms with van der Waals surface area (Å²) < 4.78 is 0. The third kappa shape index (κ3) is 3.19. The summed E-state index contributed by atoms with van der Waals surface area (Å²) in [6, 6.07) is 2.34. The van der Waals surface area contributed by atoms with Crippen LogP contribution < -0.4 is 0 Å². The first-order valence-electron chi connectivity index (χ1n) is 4.92. The number of carboxylic acids is 1. The summed E-state index contributed by atoms with van der Waals surface area (Å²) >= 11 is 5.68. The second-order valence-electron chi connectivity index (χ2n) is 3.66. The highest BCUT2D eigenvalue weighted by molar-refractivity contribution is 6.31. The van der Waals surface area contributed by atoms with Crippen molar-refractivity contribution in [1.29, 1.82) is 0 Å². The maximum atomic E-state index is 10.6. The molecule has 98 valence electrons. The number of halogens is 1. The molecular weight excluding hydrogens is 264 g/mol. The molecular formula is C11H11ClO6. The average Bonchev–Trinajstić information content (AvgIpc) is 2.29. The molecule has 0 saturated heterocycles. The zero-order valence-electron chi connectivity index (χ0n) is 9.08. The number of carbonyl (C=O) groups is 2. The summed E-state index contributed by atoms with van der Waals surface area (Å²) in [6.45, 7) is 0. The highest BCUT2D eigenvalue weighted by atomic mass is 35.5. The Balaban J connectivity index is 3.12. The van der Waals surface area contributed by atoms with Crippen LogP contribution in [0.15, 0.2) is 12.1 Å². The molecule has 1 aromatic rings. The highest BCUT2D eigenvalue weighted by Gasteiger charge is 2.25. The molecule has 0 bridgehead atoms. The van der Waals surface area contributed by atoms with E-state index >= 15 is 0 Å². The number of hydrogen-bond acceptors (Lipinski definition) is 5. The van der Waals surface area contributed by atoms with Gasteiger partial charge in [0, 0.05) is 10.6 Å². The van der Waals surface area contributed by atoms with Gasteiger partial charge in [-0.25, -0.2) is 0 Å². The standard InChI is InChI=1S/C11H11ClO6/c12-6-1-5(4-13)10(17)7(2-6)11(18)8(14)3-9(15)16/h1-2,4,8,11,14,17-18H,3H2,(H,15,16). The van der Waals surface area contributed by atoms with Crippen molar-refractivity contribution in [2.24, 2.45) is 0 Å². The number of phenols is 1. The van der Waals surface area contributed by atoms with Gasteiger partial charge >= 0.3 is 5.97 Å². The predicted octanol–water partition coefficient (Wildman–Crippen LogP) is 0.727. The maximum absolute atomic E-state index is 10.6. The Bertz CT molecular complexity index is 473. The van der Waals surface area contributed by atoms with Crippen molar-refractivity contribution in [1.82, 2.24) is 0 Å². The van der Waals surface area contributed by atoms with Gasteiger partial charge in [-0.2, -0.15) is 0 Å². The summed E-state index contributed by atoms with van der Waals surface area (Å²) in [5, 5.41) is 37.4. The second-order valence-corrected chi connectivity index (χ2v) is 4.10. The lowest BCUT2D eigenvalue weighted by molar-refractivity contribution is -0.141. The van der Waals surface area contributed by atoms with E-state index in [9.17, 15) is 24.9 Å². The number of phenolic OH excluding ortho intramolecular Hbond substituents is 1. The van der Waals surface area contributed by atoms with Crippen LogP contribution in [-0.2, 0) is 4.79 Å². The van der Waals surface area contributed by atoms with Gasteiger partial charge in [-0.05, 0) is 12.1 Å². The molecule has 0 spiro atoms. The molecule has 0 aromatic heterocycles. The number of aldehydes is 1. The van der Waals surface area contributed by atoms with E-state index in [1.165, 1.54) is 6.07 Å². The van der Waals surface area contributed by atoms with Gasteiger partial charge in [0.25, 0.3) is 0 Å². The number of carbonyl (C=O) groups excluding carboxylic acids is 1. The minimum atomic E-state index is -1.65. The Morgan fingerprint density at radius 2 is 2.00 bits per heavy atom. The summed E-state index contributed by atoms with van der Waals surface area (Å²) in [7, 11) is 0. The topological polar surface area (TPSA) is 115 Å². The molecule has 0 aliphatic heterocycles. The lowest BCUT2D eigenvalue weighted by Gasteiger charge is -2.18. The van der Waals surface area contributed by atoms with Crippen LogP contribution >= 0.6 is 11.6 Å². The van der Waals surface area contributed by atoms with E-state index in [-0.39, 0.29) is 16.1 Å². The first-order valence-corrected chi connectivity index (χ1v) is 5.30. The molecule has 0 amide bonds. The number of hydrogen-bond donors (Lipinski definition) is 4. The molecule has 6 nitrogen and oxygen atoms in total. The normalized spacial score (nSPS) is 13.9. The molecule has 0 aliphatic rings. The molecule has 4 N–H and O–H groups in total. The molecule has 1 rings (SSSR count). The second kappa shape index (κ2) is 5.81. The van der Waals surface area contributed by atoms with Gasteiger partial charge in [0.05, 0.1) is 18.1 Å². The number of aliphatic carboxylic acids is 1. The molecule has 0 heterocycles. The van der Waals surface area contributed by atoms with Crippen molar-refractivity contribution in [3.8, 4) is 5.75 Å². The fraction of sp³-hybridized carbons (Fsp3) is 0.273. The number of aliphatic hydroxyl groups excluding tert-OH is 2. The van der Waals surface area contributed by atoms with Crippen molar-refractivity contribution >= 4 is 23.9 Å². The fourth-order valence-electron chi connectivity index (χ4n) is 1.46. The lowest BCUT2D eigenvalue weighted by Crippen LogP contribution is -2.22. The number of benzene rings is 1. The minimum Gasteiger partial charge on any atom is -0.507 e. The summed E-state index contributed by atoms with van der Waals surface area (Å²) in [4.78, 5) is 21.0. The lowest BCUT2D eigenvalue weighted by atomic mass is 9.99. The molecule has 0 fully saturated rings. The molecule has 1 aromatic carbocycles. The zero-order chi connectivity index (χ0) is 13.9. The van der Waals surface area contributed by atoms with E-state index in [1.807, 2.05) is 0 Å². The van der Waals surface area contributed by atoms with Crippen molar-refractivity contribution in [2.75, 3.05) is 0 Å². The van der Waals surface area contributed by atoms with Crippen LogP contribution in [0, 0.1) is 0 Å². The van der Waals surface area contributed by atoms with E-state index in [4.69, 9.17) is 16.7 Å². The first kappa shape index (κ1) is 14.4. The summed E-state index contributed by atoms with van der Waals surface area (Å²) in [5.41, 5.74) is -0.350. The third-order valence-corrected chi connectivity index (χ3v) is 2.55. The maximum Gasteiger partial charge on any atom is 0.306 e. The van der Waals surface area contributed by atoms with Crippen LogP contribution in [0.25, 0.3) is 0 Å². The smallest absolute Gasteiger partial charge is 0.306 e. The van der Waals surface area contributed by atoms with Crippen molar-refractivity contribution in [3.05, 3.63) is 28.3 Å². The van der Waals surface area contributed by atoms with Crippen molar-refractivity contribution in [3.63, 3.8) is 0 Å². The Hall–Kier alpha value is -1.63. The van der Waals surface area contributed by atoms with E-state index in [1.54, 1.807) is 0 Å². The molecule has 2 unspecified atom stereocenters. The molecule has 0 radical (unpaired) electrons. The number of aliphatic hydroxyl groups is 2. The minimum absolute atomic E-state index is 0.0754. The van der Waals surface area contributed by atoms with Gasteiger partial charge in [0.15, 0.2) is 6.29 Å². The third-order valence-electron chi connectivity index (χ3n) is 2.33. The SMILES string of the molecule is O=Cc1cc(Cl)cc(C(O)C(O)CC(=O)O)c1O. The van der Waals surface area contributed by atoms with Crippen LogP contribution in [0.5, 0.6) is 5.75 Å². The monoisotopic (exact) mass is 274 g/mol. The van der Waals surface area contributed by atoms with E-state index in [0.29, 0.717) is 6.29 Å². The van der Waals surface area contributed by atoms with Gasteiger partial charge in [0.2, 0.25) is 0 Å². The quantitative estimate of drug-likeness (QED) is 0.588. The van der Waals surface area contributed by atoms with Crippen LogP contribution in [-0.4, -0.2) is 38.8 Å². The highest BCUT2D eigenvalue weighted by Crippen LogP contribution is 2.32. The fourth-order valence-corrected chi connectivity index (χ4v) is 1.69. The Morgan fingerprint density at radius 1 is 1.39 bits per heavy atom. The number of aromatic hydroxyl groups is 1. The van der Waals surface area contributed by atoms with Crippen LogP contribution in [0.4, 0.5) is 0 Å². The first-order chi connectivity index (χ1) is 8.36.